The number of hydrogen-bond acceptors (Lipinski definition) is 5. The van der Waals surface area contributed by atoms with Crippen LogP contribution in [0.25, 0.3) is 11.1 Å². The molecule has 2 aromatic carbocycles. The van der Waals surface area contributed by atoms with Gasteiger partial charge in [0, 0.05) is 30.1 Å². The van der Waals surface area contributed by atoms with Crippen LogP contribution in [0.3, 0.4) is 0 Å². The van der Waals surface area contributed by atoms with Crippen LogP contribution >= 0.6 is 11.6 Å². The summed E-state index contributed by atoms with van der Waals surface area (Å²) in [5.41, 5.74) is 6.37. The number of rotatable bonds is 9. The molecule has 0 fully saturated rings. The van der Waals surface area contributed by atoms with Crippen molar-refractivity contribution in [1.82, 2.24) is 15.3 Å². The summed E-state index contributed by atoms with van der Waals surface area (Å²) in [6.45, 7) is -0.404. The predicted octanol–water partition coefficient (Wildman–Crippen LogP) is 4.79. The van der Waals surface area contributed by atoms with Crippen molar-refractivity contribution in [2.45, 2.75) is 12.5 Å². The molecule has 0 aliphatic heterocycles. The molecule has 0 aliphatic carbocycles. The lowest BCUT2D eigenvalue weighted by atomic mass is 9.94. The minimum absolute atomic E-state index is 0.0462. The number of aromatic nitrogens is 2. The summed E-state index contributed by atoms with van der Waals surface area (Å²) in [4.78, 5) is 32.8. The van der Waals surface area contributed by atoms with Gasteiger partial charge in [-0.3, -0.25) is 14.6 Å². The molecule has 2 heterocycles. The maximum Gasteiger partial charge on any atom is 0.258 e. The van der Waals surface area contributed by atoms with Gasteiger partial charge in [-0.15, -0.1) is 0 Å². The van der Waals surface area contributed by atoms with Crippen molar-refractivity contribution in [2.24, 2.45) is 5.73 Å². The first-order valence-corrected chi connectivity index (χ1v) is 11.6. The molecule has 3 N–H and O–H groups in total. The lowest BCUT2D eigenvalue weighted by Crippen LogP contribution is -2.34. The van der Waals surface area contributed by atoms with Crippen LogP contribution in [-0.2, 0) is 11.2 Å². The Morgan fingerprint density at radius 1 is 0.974 bits per heavy atom. The van der Waals surface area contributed by atoms with E-state index in [1.54, 1.807) is 12.1 Å². The van der Waals surface area contributed by atoms with Gasteiger partial charge >= 0.3 is 0 Å². The van der Waals surface area contributed by atoms with Crippen LogP contribution < -0.4 is 15.8 Å². The zero-order valence-electron chi connectivity index (χ0n) is 19.6. The van der Waals surface area contributed by atoms with Crippen molar-refractivity contribution in [3.8, 4) is 16.9 Å². The molecule has 0 saturated heterocycles. The number of ether oxygens (including phenoxy) is 1. The van der Waals surface area contributed by atoms with Gasteiger partial charge in [0.05, 0.1) is 17.3 Å². The van der Waals surface area contributed by atoms with Crippen LogP contribution in [0.2, 0.25) is 5.15 Å². The molecule has 194 valence electrons. The molecule has 11 heteroatoms. The summed E-state index contributed by atoms with van der Waals surface area (Å²) in [6, 6.07) is 12.1. The summed E-state index contributed by atoms with van der Waals surface area (Å²) in [6.07, 6.45) is 2.84. The van der Waals surface area contributed by atoms with Crippen LogP contribution in [0.1, 0.15) is 27.7 Å². The number of pyridine rings is 2. The van der Waals surface area contributed by atoms with Crippen LogP contribution in [0.4, 0.5) is 13.2 Å². The Labute approximate surface area is 220 Å². The number of amides is 2. The van der Waals surface area contributed by atoms with Gasteiger partial charge in [0.1, 0.15) is 28.4 Å². The number of halogens is 4. The second kappa shape index (κ2) is 11.7. The summed E-state index contributed by atoms with van der Waals surface area (Å²) < 4.78 is 47.4. The number of carbonyl (C=O) groups excluding carboxylic acids is 2. The van der Waals surface area contributed by atoms with E-state index in [4.69, 9.17) is 22.1 Å². The maximum absolute atomic E-state index is 14.1. The van der Waals surface area contributed by atoms with Crippen LogP contribution in [0, 0.1) is 17.5 Å². The Hall–Kier alpha value is -4.44. The SMILES string of the molecule is NC(=O)c1cc(-c2cccnc2C(Cc2cc(F)cc(F)c2)NC(=O)COc2ccnc(Cl)c2)ccc1F. The highest BCUT2D eigenvalue weighted by Crippen LogP contribution is 2.30. The zero-order valence-corrected chi connectivity index (χ0v) is 20.4. The average molecular weight is 541 g/mol. The molecule has 4 rings (SSSR count). The summed E-state index contributed by atoms with van der Waals surface area (Å²) >= 11 is 5.84. The molecule has 0 aliphatic rings. The number of carbonyl (C=O) groups is 2. The van der Waals surface area contributed by atoms with Gasteiger partial charge in [-0.1, -0.05) is 23.7 Å². The van der Waals surface area contributed by atoms with Gasteiger partial charge in [-0.25, -0.2) is 18.2 Å². The van der Waals surface area contributed by atoms with Crippen molar-refractivity contribution < 1.29 is 27.5 Å². The Morgan fingerprint density at radius 2 is 1.74 bits per heavy atom. The number of nitrogens with zero attached hydrogens (tertiary/aromatic N) is 2. The van der Waals surface area contributed by atoms with E-state index in [9.17, 15) is 22.8 Å². The van der Waals surface area contributed by atoms with Crippen molar-refractivity contribution in [3.63, 3.8) is 0 Å². The van der Waals surface area contributed by atoms with Gasteiger partial charge < -0.3 is 15.8 Å². The van der Waals surface area contributed by atoms with Crippen LogP contribution in [-0.4, -0.2) is 28.4 Å². The van der Waals surface area contributed by atoms with Gasteiger partial charge in [0.15, 0.2) is 6.61 Å². The van der Waals surface area contributed by atoms with Gasteiger partial charge in [0.2, 0.25) is 0 Å². The normalized spacial score (nSPS) is 11.6. The topological polar surface area (TPSA) is 107 Å². The number of primary amides is 1. The van der Waals surface area contributed by atoms with E-state index in [2.05, 4.69) is 15.3 Å². The average Bonchev–Trinajstić information content (AvgIpc) is 2.87. The number of benzene rings is 2. The molecule has 0 saturated carbocycles. The molecular formula is C27H20ClF3N4O3. The van der Waals surface area contributed by atoms with Gasteiger partial charge in [-0.2, -0.15) is 0 Å². The van der Waals surface area contributed by atoms with E-state index in [-0.39, 0.29) is 22.7 Å². The largest absolute Gasteiger partial charge is 0.484 e. The van der Waals surface area contributed by atoms with Crippen LogP contribution in [0.15, 0.2) is 73.1 Å². The fourth-order valence-corrected chi connectivity index (χ4v) is 4.02. The number of nitrogens with one attached hydrogen (secondary N) is 1. The highest BCUT2D eigenvalue weighted by Gasteiger charge is 2.22. The number of hydrogen-bond donors (Lipinski definition) is 2. The first kappa shape index (κ1) is 26.6. The smallest absolute Gasteiger partial charge is 0.258 e. The molecule has 0 spiro atoms. The van der Waals surface area contributed by atoms with Crippen molar-refractivity contribution in [3.05, 3.63) is 112 Å². The lowest BCUT2D eigenvalue weighted by molar-refractivity contribution is -0.123. The Balaban J connectivity index is 1.68. The first-order chi connectivity index (χ1) is 18.2. The molecule has 7 nitrogen and oxygen atoms in total. The summed E-state index contributed by atoms with van der Waals surface area (Å²) in [5.74, 6) is -3.56. The van der Waals surface area contributed by atoms with Crippen molar-refractivity contribution in [1.29, 1.82) is 0 Å². The fourth-order valence-electron chi connectivity index (χ4n) is 3.86. The molecule has 1 unspecified atom stereocenters. The van der Waals surface area contributed by atoms with Gasteiger partial charge in [-0.05, 0) is 53.9 Å². The molecule has 0 bridgehead atoms. The third kappa shape index (κ3) is 6.65. The first-order valence-electron chi connectivity index (χ1n) is 11.2. The Kier molecular flexibility index (Phi) is 8.22. The summed E-state index contributed by atoms with van der Waals surface area (Å²) in [5, 5.41) is 2.96. The monoisotopic (exact) mass is 540 g/mol. The van der Waals surface area contributed by atoms with Crippen LogP contribution in [0.5, 0.6) is 5.75 Å². The second-order valence-corrected chi connectivity index (χ2v) is 8.59. The molecule has 4 aromatic rings. The van der Waals surface area contributed by atoms with Crippen molar-refractivity contribution in [2.75, 3.05) is 6.61 Å². The molecular weight excluding hydrogens is 521 g/mol. The maximum atomic E-state index is 14.1. The highest BCUT2D eigenvalue weighted by molar-refractivity contribution is 6.29. The third-order valence-corrected chi connectivity index (χ3v) is 5.68. The van der Waals surface area contributed by atoms with E-state index < -0.39 is 41.9 Å². The van der Waals surface area contributed by atoms with Crippen molar-refractivity contribution >= 4 is 23.4 Å². The fraction of sp³-hybridized carbons (Fsp3) is 0.111. The van der Waals surface area contributed by atoms with E-state index in [0.29, 0.717) is 22.6 Å². The second-order valence-electron chi connectivity index (χ2n) is 8.20. The van der Waals surface area contributed by atoms with E-state index in [0.717, 1.165) is 24.3 Å². The predicted molar refractivity (Wildman–Crippen MR) is 134 cm³/mol. The minimum atomic E-state index is -0.955. The number of nitrogens with two attached hydrogens (primary N) is 1. The molecule has 1 atom stereocenters. The Morgan fingerprint density at radius 3 is 2.45 bits per heavy atom. The van der Waals surface area contributed by atoms with E-state index in [1.807, 2.05) is 0 Å². The minimum Gasteiger partial charge on any atom is -0.484 e. The third-order valence-electron chi connectivity index (χ3n) is 5.48. The standard InChI is InChI=1S/C27H20ClF3N4O3/c28-24-13-19(5-7-33-24)38-14-25(36)35-23(10-15-8-17(29)12-18(30)9-15)26-20(2-1-6-34-26)16-3-4-22(31)21(11-16)27(32)37/h1-9,11-13,23H,10,14H2,(H2,32,37)(H,35,36). The molecule has 2 aromatic heterocycles. The van der Waals surface area contributed by atoms with E-state index >= 15 is 0 Å². The molecule has 38 heavy (non-hydrogen) atoms. The summed E-state index contributed by atoms with van der Waals surface area (Å²) in [7, 11) is 0. The quantitative estimate of drug-likeness (QED) is 0.297. The lowest BCUT2D eigenvalue weighted by Gasteiger charge is -2.22. The molecule has 0 radical (unpaired) electrons. The molecule has 2 amide bonds. The zero-order chi connectivity index (χ0) is 27.2. The Bertz CT molecular complexity index is 1480. The van der Waals surface area contributed by atoms with E-state index in [1.165, 1.54) is 36.7 Å². The highest BCUT2D eigenvalue weighted by atomic mass is 35.5. The van der Waals surface area contributed by atoms with Gasteiger partial charge in [0.25, 0.3) is 11.8 Å².